The van der Waals surface area contributed by atoms with E-state index >= 15 is 0 Å². The minimum absolute atomic E-state index is 0.867. The zero-order valence-electron chi connectivity index (χ0n) is 8.42. The van der Waals surface area contributed by atoms with Crippen molar-refractivity contribution < 1.29 is 4.74 Å². The van der Waals surface area contributed by atoms with Crippen LogP contribution in [0.4, 0.5) is 0 Å². The van der Waals surface area contributed by atoms with Gasteiger partial charge in [-0.1, -0.05) is 28.8 Å². The fourth-order valence-electron chi connectivity index (χ4n) is 1.46. The lowest BCUT2D eigenvalue weighted by Gasteiger charge is -2.07. The van der Waals surface area contributed by atoms with Crippen LogP contribution in [0.1, 0.15) is 24.8 Å². The van der Waals surface area contributed by atoms with Gasteiger partial charge < -0.3 is 4.74 Å². The molecule has 14 heavy (non-hydrogen) atoms. The molecule has 0 aliphatic heterocycles. The molecule has 1 aliphatic carbocycles. The van der Waals surface area contributed by atoms with Gasteiger partial charge in [0.15, 0.2) is 0 Å². The first-order valence-electron chi connectivity index (χ1n) is 5.14. The molecule has 2 rings (SSSR count). The van der Waals surface area contributed by atoms with Crippen LogP contribution in [0.25, 0.3) is 0 Å². The maximum atomic E-state index is 5.67. The van der Waals surface area contributed by atoms with Gasteiger partial charge in [0.1, 0.15) is 5.75 Å². The quantitative estimate of drug-likeness (QED) is 0.791. The van der Waals surface area contributed by atoms with Crippen LogP contribution in [0.15, 0.2) is 22.7 Å². The van der Waals surface area contributed by atoms with Crippen LogP contribution >= 0.6 is 15.9 Å². The Labute approximate surface area is 93.6 Å². The third-order valence-electron chi connectivity index (χ3n) is 2.62. The number of hydrogen-bond donors (Lipinski definition) is 0. The summed E-state index contributed by atoms with van der Waals surface area (Å²) in [6, 6.07) is 6.14. The molecule has 1 nitrogen and oxygen atoms in total. The van der Waals surface area contributed by atoms with Gasteiger partial charge in [-0.15, -0.1) is 0 Å². The molecule has 0 atom stereocenters. The van der Waals surface area contributed by atoms with Crippen molar-refractivity contribution in [1.29, 1.82) is 0 Å². The molecule has 1 aromatic carbocycles. The van der Waals surface area contributed by atoms with Gasteiger partial charge in [0.05, 0.1) is 6.61 Å². The SMILES string of the molecule is Cc1cc(OCCC2CC2)ccc1Br. The minimum atomic E-state index is 0.867. The largest absolute Gasteiger partial charge is 0.494 e. The molecule has 1 aromatic rings. The highest BCUT2D eigenvalue weighted by atomic mass is 79.9. The summed E-state index contributed by atoms with van der Waals surface area (Å²) in [5, 5.41) is 0. The van der Waals surface area contributed by atoms with E-state index in [1.165, 1.54) is 24.8 Å². The standard InChI is InChI=1S/C12H15BrO/c1-9-8-11(4-5-12(9)13)14-7-6-10-2-3-10/h4-5,8,10H,2-3,6-7H2,1H3. The summed E-state index contributed by atoms with van der Waals surface area (Å²) in [5.74, 6) is 1.94. The van der Waals surface area contributed by atoms with Gasteiger partial charge in [0.25, 0.3) is 0 Å². The van der Waals surface area contributed by atoms with Crippen molar-refractivity contribution in [1.82, 2.24) is 0 Å². The summed E-state index contributed by atoms with van der Waals surface area (Å²) in [4.78, 5) is 0. The van der Waals surface area contributed by atoms with Crippen molar-refractivity contribution in [2.24, 2.45) is 5.92 Å². The maximum absolute atomic E-state index is 5.67. The normalized spacial score (nSPS) is 15.6. The molecule has 0 saturated heterocycles. The topological polar surface area (TPSA) is 9.23 Å². The Kier molecular flexibility index (Phi) is 3.12. The second-order valence-electron chi connectivity index (χ2n) is 3.99. The molecule has 0 aromatic heterocycles. The monoisotopic (exact) mass is 254 g/mol. The molecule has 0 heterocycles. The Balaban J connectivity index is 1.85. The summed E-state index contributed by atoms with van der Waals surface area (Å²) in [6.07, 6.45) is 4.03. The summed E-state index contributed by atoms with van der Waals surface area (Å²) in [7, 11) is 0. The number of rotatable bonds is 4. The summed E-state index contributed by atoms with van der Waals surface area (Å²) in [6.45, 7) is 2.95. The maximum Gasteiger partial charge on any atom is 0.119 e. The van der Waals surface area contributed by atoms with Crippen LogP contribution in [0.2, 0.25) is 0 Å². The Bertz CT molecular complexity index is 318. The molecule has 0 amide bonds. The van der Waals surface area contributed by atoms with Crippen molar-refractivity contribution >= 4 is 15.9 Å². The molecule has 0 spiro atoms. The van der Waals surface area contributed by atoms with Gasteiger partial charge >= 0.3 is 0 Å². The predicted molar refractivity (Wildman–Crippen MR) is 61.7 cm³/mol. The number of aryl methyl sites for hydroxylation is 1. The number of halogens is 1. The fourth-order valence-corrected chi connectivity index (χ4v) is 1.70. The van der Waals surface area contributed by atoms with E-state index in [4.69, 9.17) is 4.74 Å². The Morgan fingerprint density at radius 3 is 2.86 bits per heavy atom. The molecule has 1 saturated carbocycles. The summed E-state index contributed by atoms with van der Waals surface area (Å²) < 4.78 is 6.82. The van der Waals surface area contributed by atoms with Crippen LogP contribution in [-0.2, 0) is 0 Å². The third kappa shape index (κ3) is 2.74. The highest BCUT2D eigenvalue weighted by molar-refractivity contribution is 9.10. The Hall–Kier alpha value is -0.500. The first kappa shape index (κ1) is 10.0. The van der Waals surface area contributed by atoms with Gasteiger partial charge in [-0.25, -0.2) is 0 Å². The Morgan fingerprint density at radius 2 is 2.21 bits per heavy atom. The van der Waals surface area contributed by atoms with E-state index in [2.05, 4.69) is 28.9 Å². The van der Waals surface area contributed by atoms with Gasteiger partial charge in [-0.2, -0.15) is 0 Å². The smallest absolute Gasteiger partial charge is 0.119 e. The highest BCUT2D eigenvalue weighted by Crippen LogP contribution is 2.32. The third-order valence-corrected chi connectivity index (χ3v) is 3.51. The minimum Gasteiger partial charge on any atom is -0.494 e. The molecule has 1 fully saturated rings. The first-order valence-corrected chi connectivity index (χ1v) is 5.94. The Morgan fingerprint density at radius 1 is 1.43 bits per heavy atom. The zero-order valence-corrected chi connectivity index (χ0v) is 10.0. The molecule has 0 unspecified atom stereocenters. The van der Waals surface area contributed by atoms with Gasteiger partial charge in [-0.05, 0) is 43.0 Å². The lowest BCUT2D eigenvalue weighted by Crippen LogP contribution is -1.98. The number of benzene rings is 1. The zero-order chi connectivity index (χ0) is 9.97. The predicted octanol–water partition coefficient (Wildman–Crippen LogP) is 3.94. The van der Waals surface area contributed by atoms with Crippen molar-refractivity contribution in [2.75, 3.05) is 6.61 Å². The van der Waals surface area contributed by atoms with Gasteiger partial charge in [0.2, 0.25) is 0 Å². The van der Waals surface area contributed by atoms with Crippen LogP contribution in [-0.4, -0.2) is 6.61 Å². The molecule has 0 bridgehead atoms. The lowest BCUT2D eigenvalue weighted by atomic mass is 10.2. The van der Waals surface area contributed by atoms with Crippen molar-refractivity contribution in [3.8, 4) is 5.75 Å². The second kappa shape index (κ2) is 4.35. The van der Waals surface area contributed by atoms with E-state index in [0.717, 1.165) is 22.7 Å². The number of ether oxygens (including phenoxy) is 1. The fraction of sp³-hybridized carbons (Fsp3) is 0.500. The summed E-state index contributed by atoms with van der Waals surface area (Å²) >= 11 is 3.48. The molecule has 1 aliphatic rings. The average Bonchev–Trinajstić information content (AvgIpc) is 2.95. The van der Waals surface area contributed by atoms with Crippen molar-refractivity contribution in [3.05, 3.63) is 28.2 Å². The van der Waals surface area contributed by atoms with Crippen LogP contribution in [0.5, 0.6) is 5.75 Å². The van der Waals surface area contributed by atoms with Crippen LogP contribution < -0.4 is 4.74 Å². The highest BCUT2D eigenvalue weighted by Gasteiger charge is 2.20. The van der Waals surface area contributed by atoms with Crippen molar-refractivity contribution in [2.45, 2.75) is 26.2 Å². The van der Waals surface area contributed by atoms with E-state index in [-0.39, 0.29) is 0 Å². The molecule has 0 N–H and O–H groups in total. The lowest BCUT2D eigenvalue weighted by molar-refractivity contribution is 0.302. The molecule has 2 heteroatoms. The van der Waals surface area contributed by atoms with Crippen LogP contribution in [0.3, 0.4) is 0 Å². The molecule has 0 radical (unpaired) electrons. The number of hydrogen-bond acceptors (Lipinski definition) is 1. The molecular weight excluding hydrogens is 240 g/mol. The van der Waals surface area contributed by atoms with Crippen LogP contribution in [0, 0.1) is 12.8 Å². The first-order chi connectivity index (χ1) is 6.75. The van der Waals surface area contributed by atoms with E-state index in [1.54, 1.807) is 0 Å². The van der Waals surface area contributed by atoms with E-state index in [1.807, 2.05) is 12.1 Å². The van der Waals surface area contributed by atoms with E-state index in [0.29, 0.717) is 0 Å². The van der Waals surface area contributed by atoms with Gasteiger partial charge in [-0.3, -0.25) is 0 Å². The van der Waals surface area contributed by atoms with Gasteiger partial charge in [0, 0.05) is 4.47 Å². The average molecular weight is 255 g/mol. The molecular formula is C12H15BrO. The summed E-state index contributed by atoms with van der Waals surface area (Å²) in [5.41, 5.74) is 1.23. The van der Waals surface area contributed by atoms with E-state index < -0.39 is 0 Å². The molecule has 76 valence electrons. The van der Waals surface area contributed by atoms with E-state index in [9.17, 15) is 0 Å². The van der Waals surface area contributed by atoms with Crippen molar-refractivity contribution in [3.63, 3.8) is 0 Å². The second-order valence-corrected chi connectivity index (χ2v) is 4.85.